The van der Waals surface area contributed by atoms with E-state index in [1.807, 2.05) is 31.3 Å². The summed E-state index contributed by atoms with van der Waals surface area (Å²) >= 11 is 0. The van der Waals surface area contributed by atoms with Crippen LogP contribution in [-0.4, -0.2) is 56.7 Å². The first-order chi connectivity index (χ1) is 13.5. The first kappa shape index (κ1) is 20.6. The summed E-state index contributed by atoms with van der Waals surface area (Å²) in [5.74, 6) is 0.854. The molecule has 1 aromatic rings. The van der Waals surface area contributed by atoms with Gasteiger partial charge in [0.1, 0.15) is 0 Å². The number of guanidine groups is 1. The van der Waals surface area contributed by atoms with Crippen LogP contribution in [0.1, 0.15) is 54.9 Å². The van der Waals surface area contributed by atoms with Gasteiger partial charge >= 0.3 is 0 Å². The highest BCUT2D eigenvalue weighted by Crippen LogP contribution is 2.54. The summed E-state index contributed by atoms with van der Waals surface area (Å²) in [7, 11) is 5.34. The lowest BCUT2D eigenvalue weighted by Crippen LogP contribution is -2.65. The molecule has 1 aromatic carbocycles. The van der Waals surface area contributed by atoms with Gasteiger partial charge in [-0.25, -0.2) is 0 Å². The molecule has 0 heterocycles. The molecule has 2 aliphatic carbocycles. The van der Waals surface area contributed by atoms with E-state index in [2.05, 4.69) is 22.5 Å². The fourth-order valence-corrected chi connectivity index (χ4v) is 4.66. The van der Waals surface area contributed by atoms with E-state index in [4.69, 9.17) is 4.74 Å². The number of carbonyl (C=O) groups is 1. The molecule has 3 rings (SSSR count). The molecule has 1 spiro atoms. The SMILES string of the molecule is CCOC1CC(NC(=NC)NCc2ccc(C(=O)N(C)C)cc2)C12CCCC2. The highest BCUT2D eigenvalue weighted by molar-refractivity contribution is 5.93. The Bertz CT molecular complexity index is 693. The minimum Gasteiger partial charge on any atom is -0.378 e. The van der Waals surface area contributed by atoms with E-state index in [1.54, 1.807) is 19.0 Å². The van der Waals surface area contributed by atoms with Crippen molar-refractivity contribution in [1.29, 1.82) is 0 Å². The van der Waals surface area contributed by atoms with E-state index in [0.29, 0.717) is 24.3 Å². The van der Waals surface area contributed by atoms with Crippen molar-refractivity contribution in [3.05, 3.63) is 35.4 Å². The summed E-state index contributed by atoms with van der Waals surface area (Å²) in [6.07, 6.45) is 6.52. The van der Waals surface area contributed by atoms with Crippen LogP contribution in [0.15, 0.2) is 29.3 Å². The molecule has 6 nitrogen and oxygen atoms in total. The normalized spacial score (nSPS) is 23.4. The lowest BCUT2D eigenvalue weighted by molar-refractivity contribution is -0.125. The van der Waals surface area contributed by atoms with Crippen LogP contribution >= 0.6 is 0 Å². The number of hydrogen-bond acceptors (Lipinski definition) is 3. The number of rotatable bonds is 6. The summed E-state index contributed by atoms with van der Waals surface area (Å²) in [5.41, 5.74) is 2.10. The number of benzene rings is 1. The molecule has 2 unspecified atom stereocenters. The minimum absolute atomic E-state index is 0.0210. The van der Waals surface area contributed by atoms with Crippen molar-refractivity contribution in [3.8, 4) is 0 Å². The van der Waals surface area contributed by atoms with E-state index in [1.165, 1.54) is 25.7 Å². The largest absolute Gasteiger partial charge is 0.378 e. The molecule has 154 valence electrons. The molecule has 2 N–H and O–H groups in total. The van der Waals surface area contributed by atoms with Gasteiger partial charge < -0.3 is 20.3 Å². The first-order valence-electron chi connectivity index (χ1n) is 10.4. The Morgan fingerprint density at radius 3 is 2.50 bits per heavy atom. The fraction of sp³-hybridized carbons (Fsp3) is 0.636. The third kappa shape index (κ3) is 4.17. The van der Waals surface area contributed by atoms with Crippen molar-refractivity contribution in [2.75, 3.05) is 27.7 Å². The van der Waals surface area contributed by atoms with Gasteiger partial charge in [-0.2, -0.15) is 0 Å². The van der Waals surface area contributed by atoms with Gasteiger partial charge in [0.05, 0.1) is 6.10 Å². The van der Waals surface area contributed by atoms with Crippen molar-refractivity contribution in [2.24, 2.45) is 10.4 Å². The van der Waals surface area contributed by atoms with E-state index >= 15 is 0 Å². The number of carbonyl (C=O) groups excluding carboxylic acids is 1. The Labute approximate surface area is 168 Å². The summed E-state index contributed by atoms with van der Waals surface area (Å²) in [4.78, 5) is 18.0. The average molecular weight is 387 g/mol. The van der Waals surface area contributed by atoms with Crippen LogP contribution in [0, 0.1) is 5.41 Å². The summed E-state index contributed by atoms with van der Waals surface area (Å²) in [5, 5.41) is 7.05. The molecule has 1 amide bonds. The molecular formula is C22H34N4O2. The molecule has 0 aliphatic heterocycles. The molecule has 2 saturated carbocycles. The van der Waals surface area contributed by atoms with Crippen LogP contribution in [0.2, 0.25) is 0 Å². The van der Waals surface area contributed by atoms with E-state index in [0.717, 1.165) is 24.6 Å². The van der Waals surface area contributed by atoms with Gasteiger partial charge in [0.2, 0.25) is 0 Å². The lowest BCUT2D eigenvalue weighted by Gasteiger charge is -2.54. The second-order valence-corrected chi connectivity index (χ2v) is 8.14. The van der Waals surface area contributed by atoms with Crippen molar-refractivity contribution < 1.29 is 9.53 Å². The summed E-state index contributed by atoms with van der Waals surface area (Å²) in [6.45, 7) is 3.55. The molecule has 0 bridgehead atoms. The van der Waals surface area contributed by atoms with Crippen molar-refractivity contribution >= 4 is 11.9 Å². The second-order valence-electron chi connectivity index (χ2n) is 8.14. The van der Waals surface area contributed by atoms with E-state index < -0.39 is 0 Å². The highest BCUT2D eigenvalue weighted by atomic mass is 16.5. The van der Waals surface area contributed by atoms with Gasteiger partial charge in [-0.1, -0.05) is 25.0 Å². The number of aliphatic imine (C=N–C) groups is 1. The maximum absolute atomic E-state index is 12.0. The van der Waals surface area contributed by atoms with E-state index in [-0.39, 0.29) is 11.3 Å². The van der Waals surface area contributed by atoms with Crippen LogP contribution in [0.4, 0.5) is 0 Å². The molecule has 0 radical (unpaired) electrons. The first-order valence-corrected chi connectivity index (χ1v) is 10.4. The van der Waals surface area contributed by atoms with Gasteiger partial charge in [-0.3, -0.25) is 9.79 Å². The van der Waals surface area contributed by atoms with Gasteiger partial charge in [-0.05, 0) is 43.9 Å². The zero-order valence-electron chi connectivity index (χ0n) is 17.6. The summed E-state index contributed by atoms with van der Waals surface area (Å²) < 4.78 is 6.01. The Kier molecular flexibility index (Phi) is 6.60. The zero-order chi connectivity index (χ0) is 20.1. The van der Waals surface area contributed by atoms with Crippen LogP contribution in [0.3, 0.4) is 0 Å². The predicted molar refractivity (Wildman–Crippen MR) is 113 cm³/mol. The maximum atomic E-state index is 12.0. The monoisotopic (exact) mass is 386 g/mol. The Morgan fingerprint density at radius 1 is 1.25 bits per heavy atom. The molecular weight excluding hydrogens is 352 g/mol. The zero-order valence-corrected chi connectivity index (χ0v) is 17.6. The van der Waals surface area contributed by atoms with Crippen molar-refractivity contribution in [2.45, 2.75) is 57.7 Å². The molecule has 0 saturated heterocycles. The number of ether oxygens (including phenoxy) is 1. The van der Waals surface area contributed by atoms with Gasteiger partial charge in [0.15, 0.2) is 5.96 Å². The number of nitrogens with zero attached hydrogens (tertiary/aromatic N) is 2. The molecule has 28 heavy (non-hydrogen) atoms. The summed E-state index contributed by atoms with van der Waals surface area (Å²) in [6, 6.07) is 8.16. The second kappa shape index (κ2) is 8.95. The van der Waals surface area contributed by atoms with Crippen LogP contribution in [-0.2, 0) is 11.3 Å². The smallest absolute Gasteiger partial charge is 0.253 e. The minimum atomic E-state index is 0.0210. The van der Waals surface area contributed by atoms with Crippen molar-refractivity contribution in [1.82, 2.24) is 15.5 Å². The van der Waals surface area contributed by atoms with Gasteiger partial charge in [0.25, 0.3) is 5.91 Å². The third-order valence-corrected chi connectivity index (χ3v) is 6.29. The van der Waals surface area contributed by atoms with Gasteiger partial charge in [0, 0.05) is 51.3 Å². The Balaban J connectivity index is 1.55. The predicted octanol–water partition coefficient (Wildman–Crippen LogP) is 2.79. The van der Waals surface area contributed by atoms with Gasteiger partial charge in [-0.15, -0.1) is 0 Å². The van der Waals surface area contributed by atoms with Crippen LogP contribution in [0.5, 0.6) is 0 Å². The molecule has 0 aromatic heterocycles. The van der Waals surface area contributed by atoms with Crippen LogP contribution < -0.4 is 10.6 Å². The molecule has 2 aliphatic rings. The number of nitrogens with one attached hydrogen (secondary N) is 2. The average Bonchev–Trinajstić information content (AvgIpc) is 3.22. The molecule has 2 atom stereocenters. The van der Waals surface area contributed by atoms with Crippen molar-refractivity contribution in [3.63, 3.8) is 0 Å². The fourth-order valence-electron chi connectivity index (χ4n) is 4.66. The molecule has 2 fully saturated rings. The maximum Gasteiger partial charge on any atom is 0.253 e. The quantitative estimate of drug-likeness (QED) is 0.583. The third-order valence-electron chi connectivity index (χ3n) is 6.29. The Hall–Kier alpha value is -2.08. The number of amides is 1. The standard InChI is InChI=1S/C22H34N4O2/c1-5-28-19-14-18(22(19)12-6-7-13-22)25-21(23-2)24-15-16-8-10-17(11-9-16)20(27)26(3)4/h8-11,18-19H,5-7,12-15H2,1-4H3,(H2,23,24,25). The Morgan fingerprint density at radius 2 is 1.93 bits per heavy atom. The highest BCUT2D eigenvalue weighted by Gasteiger charge is 2.56. The molecule has 6 heteroatoms. The van der Waals surface area contributed by atoms with Crippen LogP contribution in [0.25, 0.3) is 0 Å². The van der Waals surface area contributed by atoms with E-state index in [9.17, 15) is 4.79 Å². The lowest BCUT2D eigenvalue weighted by atomic mass is 9.60. The topological polar surface area (TPSA) is 66.0 Å². The number of hydrogen-bond donors (Lipinski definition) is 2.